The summed E-state index contributed by atoms with van der Waals surface area (Å²) in [6, 6.07) is 0. The van der Waals surface area contributed by atoms with E-state index in [2.05, 4.69) is 4.52 Å². The molecule has 0 aromatic rings. The van der Waals surface area contributed by atoms with Gasteiger partial charge in [0.15, 0.2) is 12.3 Å². The molecule has 1 saturated carbocycles. The van der Waals surface area contributed by atoms with Crippen molar-refractivity contribution in [3.63, 3.8) is 0 Å². The van der Waals surface area contributed by atoms with Crippen molar-refractivity contribution in [1.82, 2.24) is 0 Å². The lowest BCUT2D eigenvalue weighted by atomic mass is 9.86. The van der Waals surface area contributed by atoms with Crippen molar-refractivity contribution in [3.8, 4) is 0 Å². The number of phosphoric acid groups is 1. The van der Waals surface area contributed by atoms with Gasteiger partial charge in [0, 0.05) is 12.8 Å². The fourth-order valence-electron chi connectivity index (χ4n) is 3.31. The molecule has 0 aromatic heterocycles. The van der Waals surface area contributed by atoms with Gasteiger partial charge in [-0.1, -0.05) is 39.5 Å². The molecule has 35 heavy (non-hydrogen) atoms. The number of hydrogen-bond donors (Lipinski definition) is 5. The Morgan fingerprint density at radius 2 is 1.40 bits per heavy atom. The molecule has 2 unspecified atom stereocenters. The zero-order valence-corrected chi connectivity index (χ0v) is 20.9. The SMILES string of the molecule is CCCCCC(=O)OCC(COP(=O)(O)O[C@H]1[C@H](O)[C@@H](O)[C@H](O)[C@@H](O)[C@@H]1F)OC(=O)CCCCC. The van der Waals surface area contributed by atoms with Crippen molar-refractivity contribution in [2.24, 2.45) is 0 Å². The van der Waals surface area contributed by atoms with Gasteiger partial charge in [-0.05, 0) is 12.8 Å². The molecule has 14 heteroatoms. The van der Waals surface area contributed by atoms with E-state index in [1.54, 1.807) is 0 Å². The minimum Gasteiger partial charge on any atom is -0.462 e. The van der Waals surface area contributed by atoms with E-state index in [-0.39, 0.29) is 12.8 Å². The number of hydrogen-bond acceptors (Lipinski definition) is 11. The van der Waals surface area contributed by atoms with Crippen molar-refractivity contribution in [3.05, 3.63) is 0 Å². The third-order valence-corrected chi connectivity index (χ3v) is 6.39. The Balaban J connectivity index is 2.74. The first kappa shape index (κ1) is 31.8. The number of esters is 2. The zero-order valence-electron chi connectivity index (χ0n) is 20.0. The molecule has 0 spiro atoms. The summed E-state index contributed by atoms with van der Waals surface area (Å²) in [5.74, 6) is -1.20. The molecule has 0 amide bonds. The lowest BCUT2D eigenvalue weighted by molar-refractivity contribution is -0.204. The number of rotatable bonds is 16. The standard InChI is InChI=1S/C21H38FO12P/c1-3-5-7-9-14(23)31-11-13(33-15(24)10-8-6-4-2)12-32-35(29,30)34-21-16(22)17(25)18(26)19(27)20(21)28/h13,16-21,25-28H,3-12H2,1-2H3,(H,29,30)/t13?,16-,17-,18+,19-,20+,21+/m0/s1. The van der Waals surface area contributed by atoms with E-state index in [9.17, 15) is 43.9 Å². The molecule has 0 saturated heterocycles. The molecular weight excluding hydrogens is 494 g/mol. The van der Waals surface area contributed by atoms with Crippen molar-refractivity contribution in [1.29, 1.82) is 0 Å². The van der Waals surface area contributed by atoms with Gasteiger partial charge in [0.2, 0.25) is 0 Å². The number of unbranched alkanes of at least 4 members (excludes halogenated alkanes) is 4. The van der Waals surface area contributed by atoms with Crippen LogP contribution in [-0.2, 0) is 32.7 Å². The quantitative estimate of drug-likeness (QED) is 0.107. The van der Waals surface area contributed by atoms with Crippen LogP contribution in [0, 0.1) is 0 Å². The van der Waals surface area contributed by atoms with Crippen LogP contribution >= 0.6 is 7.82 Å². The number of halogens is 1. The average molecular weight is 532 g/mol. The van der Waals surface area contributed by atoms with Gasteiger partial charge in [-0.2, -0.15) is 0 Å². The zero-order chi connectivity index (χ0) is 26.6. The first-order chi connectivity index (χ1) is 16.4. The first-order valence-corrected chi connectivity index (χ1v) is 13.3. The molecule has 12 nitrogen and oxygen atoms in total. The van der Waals surface area contributed by atoms with Gasteiger partial charge in [0.25, 0.3) is 0 Å². The lowest BCUT2D eigenvalue weighted by Crippen LogP contribution is -2.62. The lowest BCUT2D eigenvalue weighted by Gasteiger charge is -2.40. The topological polar surface area (TPSA) is 189 Å². The highest BCUT2D eigenvalue weighted by Gasteiger charge is 2.52. The number of carbonyl (C=O) groups excluding carboxylic acids is 2. The van der Waals surface area contributed by atoms with Crippen LogP contribution < -0.4 is 0 Å². The fourth-order valence-corrected chi connectivity index (χ4v) is 4.27. The average Bonchev–Trinajstić information content (AvgIpc) is 2.81. The number of aliphatic hydroxyl groups is 4. The van der Waals surface area contributed by atoms with Crippen LogP contribution in [0.2, 0.25) is 0 Å². The van der Waals surface area contributed by atoms with Crippen molar-refractivity contribution in [2.75, 3.05) is 13.2 Å². The fraction of sp³-hybridized carbons (Fsp3) is 0.905. The third kappa shape index (κ3) is 11.2. The van der Waals surface area contributed by atoms with E-state index in [0.29, 0.717) is 12.8 Å². The Hall–Kier alpha value is -1.18. The molecule has 8 atom stereocenters. The van der Waals surface area contributed by atoms with Gasteiger partial charge in [-0.25, -0.2) is 8.96 Å². The molecule has 206 valence electrons. The minimum atomic E-state index is -5.14. The molecular formula is C21H38FO12P. The highest BCUT2D eigenvalue weighted by atomic mass is 31.2. The summed E-state index contributed by atoms with van der Waals surface area (Å²) in [5.41, 5.74) is 0. The van der Waals surface area contributed by atoms with Crippen LogP contribution in [0.4, 0.5) is 4.39 Å². The van der Waals surface area contributed by atoms with Crippen molar-refractivity contribution in [2.45, 2.75) is 108 Å². The van der Waals surface area contributed by atoms with Crippen LogP contribution in [0.1, 0.15) is 65.2 Å². The van der Waals surface area contributed by atoms with Crippen LogP contribution in [0.5, 0.6) is 0 Å². The van der Waals surface area contributed by atoms with Crippen LogP contribution in [0.15, 0.2) is 0 Å². The number of ether oxygens (including phenoxy) is 2. The maximum atomic E-state index is 14.3. The molecule has 5 N–H and O–H groups in total. The summed E-state index contributed by atoms with van der Waals surface area (Å²) < 4.78 is 46.2. The predicted octanol–water partition coefficient (Wildman–Crippen LogP) is 0.899. The van der Waals surface area contributed by atoms with Gasteiger partial charge < -0.3 is 34.8 Å². The second-order valence-corrected chi connectivity index (χ2v) is 9.86. The molecule has 0 aromatic carbocycles. The molecule has 0 heterocycles. The first-order valence-electron chi connectivity index (χ1n) is 11.8. The summed E-state index contributed by atoms with van der Waals surface area (Å²) >= 11 is 0. The molecule has 1 fully saturated rings. The highest BCUT2D eigenvalue weighted by Crippen LogP contribution is 2.47. The Kier molecular flexibility index (Phi) is 14.4. The summed E-state index contributed by atoms with van der Waals surface area (Å²) in [6.45, 7) is 2.67. The smallest absolute Gasteiger partial charge is 0.462 e. The normalized spacial score (nSPS) is 29.3. The molecule has 0 aliphatic heterocycles. The summed E-state index contributed by atoms with van der Waals surface area (Å²) in [7, 11) is -5.14. The largest absolute Gasteiger partial charge is 0.472 e. The summed E-state index contributed by atoms with van der Waals surface area (Å²) in [5, 5.41) is 38.7. The van der Waals surface area contributed by atoms with E-state index in [0.717, 1.165) is 25.7 Å². The van der Waals surface area contributed by atoms with Gasteiger partial charge >= 0.3 is 19.8 Å². The van der Waals surface area contributed by atoms with E-state index < -0.39 is 75.8 Å². The van der Waals surface area contributed by atoms with E-state index in [4.69, 9.17) is 14.0 Å². The minimum absolute atomic E-state index is 0.0674. The Morgan fingerprint density at radius 3 is 1.97 bits per heavy atom. The maximum Gasteiger partial charge on any atom is 0.472 e. The van der Waals surface area contributed by atoms with Gasteiger partial charge in [0.05, 0.1) is 6.61 Å². The number of aliphatic hydroxyl groups excluding tert-OH is 4. The number of alkyl halides is 1. The molecule has 1 rings (SSSR count). The second-order valence-electron chi connectivity index (χ2n) is 8.45. The molecule has 0 radical (unpaired) electrons. The second kappa shape index (κ2) is 15.8. The van der Waals surface area contributed by atoms with Crippen molar-refractivity contribution >= 4 is 19.8 Å². The number of phosphoric ester groups is 1. The van der Waals surface area contributed by atoms with E-state index in [1.165, 1.54) is 0 Å². The highest BCUT2D eigenvalue weighted by molar-refractivity contribution is 7.47. The summed E-state index contributed by atoms with van der Waals surface area (Å²) in [6.07, 6.45) is -9.71. The Labute approximate surface area is 203 Å². The predicted molar refractivity (Wildman–Crippen MR) is 119 cm³/mol. The molecule has 1 aliphatic carbocycles. The Morgan fingerprint density at radius 1 is 0.857 bits per heavy atom. The maximum absolute atomic E-state index is 14.3. The third-order valence-electron chi connectivity index (χ3n) is 5.40. The van der Waals surface area contributed by atoms with Crippen molar-refractivity contribution < 1.29 is 62.4 Å². The van der Waals surface area contributed by atoms with Crippen LogP contribution in [0.3, 0.4) is 0 Å². The van der Waals surface area contributed by atoms with Gasteiger partial charge in [0.1, 0.15) is 37.1 Å². The van der Waals surface area contributed by atoms with E-state index in [1.807, 2.05) is 13.8 Å². The molecule has 1 aliphatic rings. The number of carbonyl (C=O) groups is 2. The monoisotopic (exact) mass is 532 g/mol. The summed E-state index contributed by atoms with van der Waals surface area (Å²) in [4.78, 5) is 33.9. The van der Waals surface area contributed by atoms with Gasteiger partial charge in [-0.15, -0.1) is 0 Å². The van der Waals surface area contributed by atoms with Crippen LogP contribution in [0.25, 0.3) is 0 Å². The van der Waals surface area contributed by atoms with Crippen LogP contribution in [-0.4, -0.2) is 93.3 Å². The Bertz CT molecular complexity index is 679. The molecule has 0 bridgehead atoms. The van der Waals surface area contributed by atoms with Gasteiger partial charge in [-0.3, -0.25) is 18.6 Å². The van der Waals surface area contributed by atoms with E-state index >= 15 is 0 Å².